The van der Waals surface area contributed by atoms with Gasteiger partial charge in [0.1, 0.15) is 26.4 Å². The number of aryl methyl sites for hydroxylation is 1. The Morgan fingerprint density at radius 1 is 0.471 bits per heavy atom. The average molecular weight is 980 g/mol. The second-order valence-corrected chi connectivity index (χ2v) is 15.3. The van der Waals surface area contributed by atoms with Gasteiger partial charge >= 0.3 is 11.9 Å². The molecule has 0 spiro atoms. The van der Waals surface area contributed by atoms with Crippen molar-refractivity contribution < 1.29 is 95.0 Å². The van der Waals surface area contributed by atoms with Gasteiger partial charge in [-0.2, -0.15) is 0 Å². The molecule has 2 unspecified atom stereocenters. The minimum absolute atomic E-state index is 0.00601. The molecule has 0 aliphatic rings. The van der Waals surface area contributed by atoms with Crippen molar-refractivity contribution in [2.75, 3.05) is 177 Å². The first-order valence-electron chi connectivity index (χ1n) is 23.5. The zero-order valence-corrected chi connectivity index (χ0v) is 41.2. The fourth-order valence-electron chi connectivity index (χ4n) is 5.53. The average Bonchev–Trinajstić information content (AvgIpc) is 3.31. The Hall–Kier alpha value is -3.58. The number of benzene rings is 1. The Morgan fingerprint density at radius 3 is 1.13 bits per heavy atom. The Labute approximate surface area is 403 Å². The fourth-order valence-corrected chi connectivity index (χ4v) is 5.53. The normalized spacial score (nSPS) is 12.3. The highest BCUT2D eigenvalue weighted by Gasteiger charge is 2.22. The van der Waals surface area contributed by atoms with E-state index >= 15 is 0 Å². The molecule has 0 aromatic heterocycles. The van der Waals surface area contributed by atoms with Crippen LogP contribution in [0.15, 0.2) is 24.3 Å². The zero-order valence-electron chi connectivity index (χ0n) is 41.2. The van der Waals surface area contributed by atoms with Crippen molar-refractivity contribution in [1.82, 2.24) is 0 Å². The molecule has 21 heteroatoms. The van der Waals surface area contributed by atoms with Crippen LogP contribution in [0.3, 0.4) is 0 Å². The van der Waals surface area contributed by atoms with Gasteiger partial charge in [0.15, 0.2) is 0 Å². The van der Waals surface area contributed by atoms with Crippen LogP contribution in [0, 0.1) is 6.92 Å². The number of rotatable bonds is 51. The molecule has 1 aromatic carbocycles. The van der Waals surface area contributed by atoms with Crippen molar-refractivity contribution >= 4 is 30.6 Å². The summed E-state index contributed by atoms with van der Waals surface area (Å²) in [7, 11) is 0. The molecule has 0 bridgehead atoms. The molecular formula is C47H81NO20. The first-order chi connectivity index (χ1) is 33.1. The summed E-state index contributed by atoms with van der Waals surface area (Å²) in [6, 6.07) is 8.33. The van der Waals surface area contributed by atoms with Gasteiger partial charge in [0.25, 0.3) is 12.9 Å². The summed E-state index contributed by atoms with van der Waals surface area (Å²) < 4.78 is 88.2. The monoisotopic (exact) mass is 980 g/mol. The summed E-state index contributed by atoms with van der Waals surface area (Å²) in [5, 5.41) is 0. The lowest BCUT2D eigenvalue weighted by atomic mass is 10.1. The standard InChI is InChI=1S/C47H81NO20/c1-40(2)67-36-44(63-29-25-57-21-17-53-13-15-55-19-23-59-27-31-65-46(51)9-11-61-38-49)34-48(43-8-6-7-42(5)33-43)35-45(37-68-41(3)4)64-30-26-58-22-18-54-14-16-56-20-24-60-28-32-66-47(52)10-12-62-39-50/h6-8,33,38-41,44-45H,9-32,34-37H2,1-5H3. The Kier molecular flexibility index (Phi) is 42.1. The minimum Gasteiger partial charge on any atom is -0.467 e. The van der Waals surface area contributed by atoms with Crippen LogP contribution in [0.1, 0.15) is 46.1 Å². The molecule has 0 radical (unpaired) electrons. The number of hydrogen-bond acceptors (Lipinski definition) is 21. The molecule has 0 aliphatic heterocycles. The highest BCUT2D eigenvalue weighted by atomic mass is 16.6. The van der Waals surface area contributed by atoms with E-state index in [1.807, 2.05) is 33.8 Å². The summed E-state index contributed by atoms with van der Waals surface area (Å²) in [4.78, 5) is 45.3. The first kappa shape index (κ1) is 62.4. The van der Waals surface area contributed by atoms with Crippen LogP contribution in [0.4, 0.5) is 5.69 Å². The first-order valence-corrected chi connectivity index (χ1v) is 23.5. The number of carbonyl (C=O) groups excluding carboxylic acids is 4. The van der Waals surface area contributed by atoms with Crippen LogP contribution in [0.25, 0.3) is 0 Å². The molecular weight excluding hydrogens is 899 g/mol. The van der Waals surface area contributed by atoms with E-state index in [1.54, 1.807) is 0 Å². The number of ether oxygens (including phenoxy) is 16. The van der Waals surface area contributed by atoms with Gasteiger partial charge < -0.3 is 80.7 Å². The zero-order chi connectivity index (χ0) is 49.6. The predicted octanol–water partition coefficient (Wildman–Crippen LogP) is 2.77. The van der Waals surface area contributed by atoms with Gasteiger partial charge in [-0.3, -0.25) is 19.2 Å². The van der Waals surface area contributed by atoms with Gasteiger partial charge in [-0.1, -0.05) is 12.1 Å². The van der Waals surface area contributed by atoms with E-state index in [1.165, 1.54) is 0 Å². The van der Waals surface area contributed by atoms with E-state index < -0.39 is 11.9 Å². The van der Waals surface area contributed by atoms with Crippen LogP contribution in [0.5, 0.6) is 0 Å². The van der Waals surface area contributed by atoms with Crippen molar-refractivity contribution in [2.45, 2.75) is 71.9 Å². The van der Waals surface area contributed by atoms with Crippen molar-refractivity contribution in [3.63, 3.8) is 0 Å². The molecule has 21 nitrogen and oxygen atoms in total. The van der Waals surface area contributed by atoms with Crippen molar-refractivity contribution in [3.05, 3.63) is 29.8 Å². The number of nitrogens with zero attached hydrogens (tertiary/aromatic N) is 1. The molecule has 2 atom stereocenters. The third-order valence-electron chi connectivity index (χ3n) is 8.81. The van der Waals surface area contributed by atoms with Gasteiger partial charge in [0, 0.05) is 18.8 Å². The SMILES string of the molecule is Cc1cccc(N(CC(COC(C)C)OCCOCCOCCOCCOCCOC(=O)CCOC=O)CC(COC(C)C)OCCOCCOCCOCCOCCOC(=O)CCOC=O)c1. The van der Waals surface area contributed by atoms with Gasteiger partial charge in [0.2, 0.25) is 0 Å². The molecule has 0 saturated carbocycles. The van der Waals surface area contributed by atoms with E-state index in [-0.39, 0.29) is 89.8 Å². The largest absolute Gasteiger partial charge is 0.467 e. The molecule has 0 aliphatic carbocycles. The number of carbonyl (C=O) groups is 4. The van der Waals surface area contributed by atoms with Gasteiger partial charge in [-0.05, 0) is 52.3 Å². The molecule has 1 rings (SSSR count). The molecule has 1 aromatic rings. The molecule has 0 saturated heterocycles. The van der Waals surface area contributed by atoms with Crippen LogP contribution in [-0.4, -0.2) is 221 Å². The lowest BCUT2D eigenvalue weighted by Gasteiger charge is -2.33. The maximum Gasteiger partial charge on any atom is 0.309 e. The molecule has 394 valence electrons. The van der Waals surface area contributed by atoms with Gasteiger partial charge in [-0.15, -0.1) is 0 Å². The number of hydrogen-bond donors (Lipinski definition) is 0. The third-order valence-corrected chi connectivity index (χ3v) is 8.81. The maximum atomic E-state index is 11.4. The summed E-state index contributed by atoms with van der Waals surface area (Å²) >= 11 is 0. The number of esters is 2. The summed E-state index contributed by atoms with van der Waals surface area (Å²) in [5.74, 6) is -0.914. The van der Waals surface area contributed by atoms with E-state index in [4.69, 9.17) is 66.3 Å². The predicted molar refractivity (Wildman–Crippen MR) is 247 cm³/mol. The minimum atomic E-state index is -0.457. The Bertz CT molecular complexity index is 1270. The van der Waals surface area contributed by atoms with E-state index in [9.17, 15) is 19.2 Å². The van der Waals surface area contributed by atoms with Crippen LogP contribution < -0.4 is 4.90 Å². The lowest BCUT2D eigenvalue weighted by Crippen LogP contribution is -2.44. The second-order valence-electron chi connectivity index (χ2n) is 15.3. The van der Waals surface area contributed by atoms with Crippen LogP contribution in [0.2, 0.25) is 0 Å². The van der Waals surface area contributed by atoms with Gasteiger partial charge in [-0.25, -0.2) is 0 Å². The van der Waals surface area contributed by atoms with Gasteiger partial charge in [0.05, 0.1) is 169 Å². The van der Waals surface area contributed by atoms with Crippen molar-refractivity contribution in [1.29, 1.82) is 0 Å². The Balaban J connectivity index is 2.41. The van der Waals surface area contributed by atoms with Crippen LogP contribution >= 0.6 is 0 Å². The second kappa shape index (κ2) is 45.8. The summed E-state index contributed by atoms with van der Waals surface area (Å²) in [6.45, 7) is 19.4. The highest BCUT2D eigenvalue weighted by Crippen LogP contribution is 2.19. The summed E-state index contributed by atoms with van der Waals surface area (Å²) in [6.07, 6.45) is -0.457. The lowest BCUT2D eigenvalue weighted by molar-refractivity contribution is -0.148. The summed E-state index contributed by atoms with van der Waals surface area (Å²) in [5.41, 5.74) is 2.17. The van der Waals surface area contributed by atoms with Crippen molar-refractivity contribution in [3.8, 4) is 0 Å². The molecule has 0 fully saturated rings. The van der Waals surface area contributed by atoms with Crippen molar-refractivity contribution in [2.24, 2.45) is 0 Å². The van der Waals surface area contributed by atoms with E-state index in [2.05, 4.69) is 39.5 Å². The number of anilines is 1. The molecule has 68 heavy (non-hydrogen) atoms. The molecule has 0 amide bonds. The molecule has 0 heterocycles. The smallest absolute Gasteiger partial charge is 0.309 e. The van der Waals surface area contributed by atoms with E-state index in [0.29, 0.717) is 132 Å². The Morgan fingerprint density at radius 2 is 0.809 bits per heavy atom. The highest BCUT2D eigenvalue weighted by molar-refractivity contribution is 5.69. The topological polar surface area (TPSA) is 219 Å². The molecule has 0 N–H and O–H groups in total. The fraction of sp³-hybridized carbons (Fsp3) is 0.787. The quantitative estimate of drug-likeness (QED) is 0.0397. The van der Waals surface area contributed by atoms with Crippen LogP contribution in [-0.2, 0) is 95.0 Å². The third kappa shape index (κ3) is 40.3. The van der Waals surface area contributed by atoms with E-state index in [0.717, 1.165) is 11.3 Å². The maximum absolute atomic E-state index is 11.4.